The Labute approximate surface area is 178 Å². The van der Waals surface area contributed by atoms with Crippen molar-refractivity contribution in [2.75, 3.05) is 13.1 Å². The molecule has 4 heterocycles. The Balaban J connectivity index is 1.35. The lowest BCUT2D eigenvalue weighted by atomic mass is 10.1. The van der Waals surface area contributed by atoms with E-state index in [4.69, 9.17) is 0 Å². The molecule has 1 atom stereocenters. The largest absolute Gasteiger partial charge is 0.435 e. The first-order valence-corrected chi connectivity index (χ1v) is 11.0. The second-order valence-corrected chi connectivity index (χ2v) is 8.24. The van der Waals surface area contributed by atoms with Crippen LogP contribution in [0.4, 0.5) is 18.0 Å². The molecule has 2 aliphatic heterocycles. The lowest BCUT2D eigenvalue weighted by Crippen LogP contribution is -2.46. The second-order valence-electron chi connectivity index (χ2n) is 8.24. The second kappa shape index (κ2) is 8.88. The monoisotopic (exact) mass is 439 g/mol. The van der Waals surface area contributed by atoms with Gasteiger partial charge in [-0.15, -0.1) is 10.2 Å². The molecule has 1 unspecified atom stereocenters. The van der Waals surface area contributed by atoms with Crippen LogP contribution in [0.1, 0.15) is 74.9 Å². The van der Waals surface area contributed by atoms with E-state index in [1.165, 1.54) is 17.3 Å². The number of alkyl halides is 3. The van der Waals surface area contributed by atoms with Crippen LogP contribution in [0.25, 0.3) is 0 Å². The number of amides is 2. The van der Waals surface area contributed by atoms with Crippen LogP contribution < -0.4 is 5.32 Å². The SMILES string of the molecule is CCC(NC(=O)N1CCC(n2ccc(C(F)(F)F)n2)CC1)c1nnc2n1CCCCC2. The standard InChI is InChI=1S/C20H28F3N7O/c1-2-15(18-26-25-17-6-4-3-5-10-29(17)18)24-19(31)28-11-7-14(8-12-28)30-13-9-16(27-30)20(21,22)23/h9,13-15H,2-8,10-12H2,1H3,(H,24,31). The van der Waals surface area contributed by atoms with Crippen molar-refractivity contribution >= 4 is 6.03 Å². The molecule has 2 aromatic heterocycles. The molecule has 0 aromatic carbocycles. The minimum absolute atomic E-state index is 0.144. The Bertz CT molecular complexity index is 899. The molecule has 0 bridgehead atoms. The van der Waals surface area contributed by atoms with E-state index >= 15 is 0 Å². The lowest BCUT2D eigenvalue weighted by molar-refractivity contribution is -0.141. The van der Waals surface area contributed by atoms with Crippen LogP contribution in [0.15, 0.2) is 12.3 Å². The number of hydrogen-bond acceptors (Lipinski definition) is 4. The topological polar surface area (TPSA) is 80.9 Å². The van der Waals surface area contributed by atoms with Gasteiger partial charge in [0.25, 0.3) is 0 Å². The number of urea groups is 1. The molecular weight excluding hydrogens is 411 g/mol. The van der Waals surface area contributed by atoms with Gasteiger partial charge in [0.05, 0.1) is 12.1 Å². The van der Waals surface area contributed by atoms with Crippen LogP contribution in [0, 0.1) is 0 Å². The molecule has 11 heteroatoms. The highest BCUT2D eigenvalue weighted by Crippen LogP contribution is 2.30. The van der Waals surface area contributed by atoms with Crippen molar-refractivity contribution in [3.63, 3.8) is 0 Å². The van der Waals surface area contributed by atoms with Gasteiger partial charge in [-0.3, -0.25) is 4.68 Å². The quantitative estimate of drug-likeness (QED) is 0.788. The molecule has 4 rings (SSSR count). The molecule has 1 saturated heterocycles. The zero-order chi connectivity index (χ0) is 22.0. The van der Waals surface area contributed by atoms with E-state index in [9.17, 15) is 18.0 Å². The Kier molecular flexibility index (Phi) is 6.19. The number of nitrogens with zero attached hydrogens (tertiary/aromatic N) is 6. The molecule has 8 nitrogen and oxygen atoms in total. The number of likely N-dealkylation sites (tertiary alicyclic amines) is 1. The third-order valence-electron chi connectivity index (χ3n) is 6.18. The van der Waals surface area contributed by atoms with E-state index in [0.717, 1.165) is 43.5 Å². The molecule has 1 fully saturated rings. The van der Waals surface area contributed by atoms with Crippen molar-refractivity contribution in [3.05, 3.63) is 29.6 Å². The molecule has 2 amide bonds. The summed E-state index contributed by atoms with van der Waals surface area (Å²) in [6.45, 7) is 3.81. The van der Waals surface area contributed by atoms with Crippen molar-refractivity contribution in [2.45, 2.75) is 76.7 Å². The summed E-state index contributed by atoms with van der Waals surface area (Å²) in [5.41, 5.74) is -0.883. The fourth-order valence-corrected chi connectivity index (χ4v) is 4.38. The number of hydrogen-bond donors (Lipinski definition) is 1. The van der Waals surface area contributed by atoms with E-state index in [-0.39, 0.29) is 18.1 Å². The first-order valence-electron chi connectivity index (χ1n) is 11.0. The highest BCUT2D eigenvalue weighted by molar-refractivity contribution is 5.74. The maximum Gasteiger partial charge on any atom is 0.435 e. The van der Waals surface area contributed by atoms with Crippen molar-refractivity contribution in [1.29, 1.82) is 0 Å². The Morgan fingerprint density at radius 3 is 2.65 bits per heavy atom. The van der Waals surface area contributed by atoms with Crippen molar-refractivity contribution in [3.8, 4) is 0 Å². The van der Waals surface area contributed by atoms with Crippen LogP contribution in [-0.4, -0.2) is 48.6 Å². The number of aryl methyl sites for hydroxylation is 1. The van der Waals surface area contributed by atoms with E-state index in [1.807, 2.05) is 6.92 Å². The van der Waals surface area contributed by atoms with Gasteiger partial charge >= 0.3 is 12.2 Å². The first kappa shape index (κ1) is 21.6. The van der Waals surface area contributed by atoms with Gasteiger partial charge in [-0.25, -0.2) is 4.79 Å². The number of rotatable bonds is 4. The summed E-state index contributed by atoms with van der Waals surface area (Å²) in [5, 5.41) is 15.4. The molecule has 170 valence electrons. The minimum atomic E-state index is -4.44. The summed E-state index contributed by atoms with van der Waals surface area (Å²) in [4.78, 5) is 14.6. The van der Waals surface area contributed by atoms with Gasteiger partial charge in [0, 0.05) is 32.3 Å². The molecule has 31 heavy (non-hydrogen) atoms. The van der Waals surface area contributed by atoms with Gasteiger partial charge in [-0.05, 0) is 38.2 Å². The fourth-order valence-electron chi connectivity index (χ4n) is 4.38. The number of aromatic nitrogens is 5. The van der Waals surface area contributed by atoms with Crippen molar-refractivity contribution in [2.24, 2.45) is 0 Å². The van der Waals surface area contributed by atoms with Crippen LogP contribution in [0.3, 0.4) is 0 Å². The Morgan fingerprint density at radius 2 is 1.97 bits per heavy atom. The maximum absolute atomic E-state index is 12.9. The predicted molar refractivity (Wildman–Crippen MR) is 106 cm³/mol. The zero-order valence-corrected chi connectivity index (χ0v) is 17.6. The summed E-state index contributed by atoms with van der Waals surface area (Å²) in [5.74, 6) is 1.79. The third-order valence-corrected chi connectivity index (χ3v) is 6.18. The van der Waals surface area contributed by atoms with Gasteiger partial charge in [-0.1, -0.05) is 13.3 Å². The number of nitrogens with one attached hydrogen (secondary N) is 1. The van der Waals surface area contributed by atoms with Gasteiger partial charge in [0.15, 0.2) is 11.5 Å². The summed E-state index contributed by atoms with van der Waals surface area (Å²) in [7, 11) is 0. The number of fused-ring (bicyclic) bond motifs is 1. The summed E-state index contributed by atoms with van der Waals surface area (Å²) in [6.07, 6.45) is 3.02. The van der Waals surface area contributed by atoms with Crippen LogP contribution >= 0.6 is 0 Å². The molecule has 2 aromatic rings. The molecule has 0 aliphatic carbocycles. The van der Waals surface area contributed by atoms with Crippen LogP contribution in [0.5, 0.6) is 0 Å². The first-order chi connectivity index (χ1) is 14.9. The van der Waals surface area contributed by atoms with Crippen LogP contribution in [-0.2, 0) is 19.1 Å². The molecule has 2 aliphatic rings. The Hall–Kier alpha value is -2.59. The average Bonchev–Trinajstić information content (AvgIpc) is 3.34. The summed E-state index contributed by atoms with van der Waals surface area (Å²) >= 11 is 0. The summed E-state index contributed by atoms with van der Waals surface area (Å²) < 4.78 is 41.9. The smallest absolute Gasteiger partial charge is 0.328 e. The van der Waals surface area contributed by atoms with Gasteiger partial charge in [-0.2, -0.15) is 18.3 Å². The van der Waals surface area contributed by atoms with Crippen molar-refractivity contribution in [1.82, 2.24) is 34.8 Å². The summed E-state index contributed by atoms with van der Waals surface area (Å²) in [6, 6.07) is 0.457. The van der Waals surface area contributed by atoms with E-state index < -0.39 is 11.9 Å². The van der Waals surface area contributed by atoms with Crippen molar-refractivity contribution < 1.29 is 18.0 Å². The maximum atomic E-state index is 12.9. The number of carbonyl (C=O) groups excluding carboxylic acids is 1. The normalized spacial score (nSPS) is 19.0. The van der Waals surface area contributed by atoms with Crippen LogP contribution in [0.2, 0.25) is 0 Å². The highest BCUT2D eigenvalue weighted by Gasteiger charge is 2.35. The van der Waals surface area contributed by atoms with E-state index in [0.29, 0.717) is 32.4 Å². The predicted octanol–water partition coefficient (Wildman–Crippen LogP) is 3.72. The van der Waals surface area contributed by atoms with Gasteiger partial charge < -0.3 is 14.8 Å². The molecule has 1 N–H and O–H groups in total. The van der Waals surface area contributed by atoms with Gasteiger partial charge in [0.2, 0.25) is 0 Å². The number of carbonyl (C=O) groups is 1. The number of halogens is 3. The fraction of sp³-hybridized carbons (Fsp3) is 0.700. The van der Waals surface area contributed by atoms with E-state index in [2.05, 4.69) is 25.2 Å². The Morgan fingerprint density at radius 1 is 1.19 bits per heavy atom. The third kappa shape index (κ3) is 4.69. The zero-order valence-electron chi connectivity index (χ0n) is 17.6. The number of piperidine rings is 1. The van der Waals surface area contributed by atoms with E-state index in [1.54, 1.807) is 4.90 Å². The van der Waals surface area contributed by atoms with Gasteiger partial charge in [0.1, 0.15) is 5.82 Å². The average molecular weight is 439 g/mol. The minimum Gasteiger partial charge on any atom is -0.328 e. The highest BCUT2D eigenvalue weighted by atomic mass is 19.4. The molecule has 0 radical (unpaired) electrons. The molecule has 0 spiro atoms. The molecular formula is C20H28F3N7O. The molecule has 0 saturated carbocycles. The lowest BCUT2D eigenvalue weighted by Gasteiger charge is -2.33.